The average molecular weight is 416 g/mol. The van der Waals surface area contributed by atoms with E-state index in [0.29, 0.717) is 0 Å². The predicted octanol–water partition coefficient (Wildman–Crippen LogP) is 6.33. The van der Waals surface area contributed by atoms with Crippen LogP contribution in [-0.2, 0) is 4.79 Å². The third kappa shape index (κ3) is 3.48. The van der Waals surface area contributed by atoms with Gasteiger partial charge in [0.2, 0.25) is 0 Å². The highest BCUT2D eigenvalue weighted by molar-refractivity contribution is 7.10. The maximum atomic E-state index is 14.1. The molecule has 1 fully saturated rings. The van der Waals surface area contributed by atoms with Crippen LogP contribution in [-0.4, -0.2) is 5.78 Å². The second-order valence-electron chi connectivity index (χ2n) is 7.33. The van der Waals surface area contributed by atoms with Gasteiger partial charge in [-0.3, -0.25) is 10.1 Å². The van der Waals surface area contributed by atoms with Gasteiger partial charge in [0.1, 0.15) is 0 Å². The minimum Gasteiger partial charge on any atom is -0.300 e. The van der Waals surface area contributed by atoms with Crippen LogP contribution in [0, 0.1) is 0 Å². The highest BCUT2D eigenvalue weighted by Gasteiger charge is 2.46. The van der Waals surface area contributed by atoms with Crippen molar-refractivity contribution in [2.75, 3.05) is 0 Å². The van der Waals surface area contributed by atoms with Gasteiger partial charge >= 0.3 is 0 Å². The second-order valence-corrected chi connectivity index (χ2v) is 9.29. The van der Waals surface area contributed by atoms with Crippen LogP contribution in [0.4, 0.5) is 0 Å². The molecule has 0 amide bonds. The molecule has 1 aliphatic rings. The first-order valence-electron chi connectivity index (χ1n) is 9.79. The molecule has 2 nitrogen and oxygen atoms in total. The summed E-state index contributed by atoms with van der Waals surface area (Å²) in [7, 11) is 0. The monoisotopic (exact) mass is 415 g/mol. The molecule has 0 spiro atoms. The van der Waals surface area contributed by atoms with E-state index in [1.54, 1.807) is 22.7 Å². The van der Waals surface area contributed by atoms with Crippen LogP contribution in [0.25, 0.3) is 0 Å². The summed E-state index contributed by atoms with van der Waals surface area (Å²) < 4.78 is 0. The Kier molecular flexibility index (Phi) is 5.15. The van der Waals surface area contributed by atoms with Gasteiger partial charge in [0.05, 0.1) is 23.9 Å². The number of ketones is 1. The molecule has 4 aromatic rings. The van der Waals surface area contributed by atoms with Crippen LogP contribution in [0.1, 0.15) is 44.8 Å². The minimum atomic E-state index is -0.212. The van der Waals surface area contributed by atoms with Crippen LogP contribution in [0.5, 0.6) is 0 Å². The summed E-state index contributed by atoms with van der Waals surface area (Å²) in [6.07, 6.45) is 0. The summed E-state index contributed by atoms with van der Waals surface area (Å²) >= 11 is 3.43. The molecule has 0 saturated carbocycles. The number of carbonyl (C=O) groups is 1. The Morgan fingerprint density at radius 2 is 1.03 bits per heavy atom. The lowest BCUT2D eigenvalue weighted by atomic mass is 9.72. The lowest BCUT2D eigenvalue weighted by Gasteiger charge is -2.41. The van der Waals surface area contributed by atoms with Gasteiger partial charge in [0.25, 0.3) is 0 Å². The molecule has 0 aliphatic carbocycles. The highest BCUT2D eigenvalue weighted by atomic mass is 32.1. The van der Waals surface area contributed by atoms with Crippen molar-refractivity contribution < 1.29 is 4.79 Å². The molecule has 2 aromatic heterocycles. The molecule has 3 heterocycles. The van der Waals surface area contributed by atoms with E-state index in [-0.39, 0.29) is 29.7 Å². The van der Waals surface area contributed by atoms with Gasteiger partial charge in [0.15, 0.2) is 5.78 Å². The molecular formula is C25H21NOS2. The Labute approximate surface area is 178 Å². The van der Waals surface area contributed by atoms with Crippen molar-refractivity contribution in [3.8, 4) is 0 Å². The van der Waals surface area contributed by atoms with Crippen LogP contribution >= 0.6 is 22.7 Å². The first-order valence-corrected chi connectivity index (χ1v) is 11.6. The predicted molar refractivity (Wildman–Crippen MR) is 121 cm³/mol. The van der Waals surface area contributed by atoms with Crippen molar-refractivity contribution in [3.05, 3.63) is 117 Å². The normalized spacial score (nSPS) is 24.5. The third-order valence-electron chi connectivity index (χ3n) is 5.66. The van der Waals surface area contributed by atoms with Crippen LogP contribution < -0.4 is 5.32 Å². The molecule has 144 valence electrons. The minimum absolute atomic E-state index is 0.0306. The van der Waals surface area contributed by atoms with Crippen LogP contribution in [0.3, 0.4) is 0 Å². The SMILES string of the molecule is O=C1[C@@H](c2ccccc2)[C@@H](c2cccs2)N[C@H](c2cccs2)[C@@H]1c1ccccc1. The fourth-order valence-corrected chi connectivity index (χ4v) is 6.02. The van der Waals surface area contributed by atoms with Crippen molar-refractivity contribution >= 4 is 28.5 Å². The lowest BCUT2D eigenvalue weighted by molar-refractivity contribution is -0.125. The molecule has 5 rings (SSSR count). The summed E-state index contributed by atoms with van der Waals surface area (Å²) in [5.41, 5.74) is 2.16. The topological polar surface area (TPSA) is 29.1 Å². The molecule has 0 unspecified atom stereocenters. The molecule has 0 bridgehead atoms. The molecule has 29 heavy (non-hydrogen) atoms. The van der Waals surface area contributed by atoms with Gasteiger partial charge in [-0.25, -0.2) is 0 Å². The van der Waals surface area contributed by atoms with E-state index in [4.69, 9.17) is 0 Å². The van der Waals surface area contributed by atoms with Crippen LogP contribution in [0.15, 0.2) is 95.7 Å². The van der Waals surface area contributed by atoms with Gasteiger partial charge < -0.3 is 0 Å². The Morgan fingerprint density at radius 1 is 0.586 bits per heavy atom. The number of piperidine rings is 1. The number of Topliss-reactive ketones (excluding diaryl/α,β-unsaturated/α-hetero) is 1. The average Bonchev–Trinajstić information content (AvgIpc) is 3.49. The van der Waals surface area contributed by atoms with Gasteiger partial charge in [-0.15, -0.1) is 22.7 Å². The third-order valence-corrected chi connectivity index (χ3v) is 7.57. The molecule has 1 saturated heterocycles. The second kappa shape index (κ2) is 8.07. The number of nitrogens with one attached hydrogen (secondary N) is 1. The Hall–Kier alpha value is -2.53. The zero-order valence-corrected chi connectivity index (χ0v) is 17.4. The summed E-state index contributed by atoms with van der Waals surface area (Å²) in [6, 6.07) is 28.8. The lowest BCUT2D eigenvalue weighted by Crippen LogP contribution is -2.45. The molecule has 2 aromatic carbocycles. The summed E-state index contributed by atoms with van der Waals surface area (Å²) in [4.78, 5) is 16.5. The smallest absolute Gasteiger partial charge is 0.151 e. The Bertz CT molecular complexity index is 973. The standard InChI is InChI=1S/C25H21NOS2/c27-25-21(17-9-3-1-4-10-17)23(19-13-7-15-28-19)26-24(20-14-8-16-29-20)22(25)18-11-5-2-6-12-18/h1-16,21-24,26H/t21-,22-,23+,24+/m0/s1. The maximum Gasteiger partial charge on any atom is 0.151 e. The van der Waals surface area contributed by atoms with E-state index in [0.717, 1.165) is 11.1 Å². The van der Waals surface area contributed by atoms with E-state index < -0.39 is 0 Å². The number of rotatable bonds is 4. The van der Waals surface area contributed by atoms with E-state index in [9.17, 15) is 4.79 Å². The Morgan fingerprint density at radius 3 is 1.41 bits per heavy atom. The maximum absolute atomic E-state index is 14.1. The fraction of sp³-hybridized carbons (Fsp3) is 0.160. The zero-order valence-electron chi connectivity index (χ0n) is 15.8. The molecule has 1 N–H and O–H groups in total. The van der Waals surface area contributed by atoms with Gasteiger partial charge in [-0.2, -0.15) is 0 Å². The van der Waals surface area contributed by atoms with Gasteiger partial charge in [0, 0.05) is 9.75 Å². The first-order chi connectivity index (χ1) is 14.3. The largest absolute Gasteiger partial charge is 0.300 e. The number of hydrogen-bond donors (Lipinski definition) is 1. The van der Waals surface area contributed by atoms with E-state index in [2.05, 4.69) is 64.6 Å². The number of carbonyl (C=O) groups excluding carboxylic acids is 1. The van der Waals surface area contributed by atoms with Crippen molar-refractivity contribution in [2.45, 2.75) is 23.9 Å². The van der Waals surface area contributed by atoms with Gasteiger partial charge in [-0.1, -0.05) is 72.8 Å². The summed E-state index contributed by atoms with van der Waals surface area (Å²) in [5.74, 6) is -0.134. The molecule has 1 aliphatic heterocycles. The van der Waals surface area contributed by atoms with Crippen molar-refractivity contribution in [2.24, 2.45) is 0 Å². The Balaban J connectivity index is 1.66. The molecular weight excluding hydrogens is 394 g/mol. The molecule has 4 atom stereocenters. The van der Waals surface area contributed by atoms with E-state index in [1.807, 2.05) is 36.4 Å². The zero-order chi connectivity index (χ0) is 19.6. The summed E-state index contributed by atoms with van der Waals surface area (Å²) in [5, 5.41) is 8.07. The highest BCUT2D eigenvalue weighted by Crippen LogP contribution is 2.48. The molecule has 4 heteroatoms. The summed E-state index contributed by atoms with van der Waals surface area (Å²) in [6.45, 7) is 0. The number of hydrogen-bond acceptors (Lipinski definition) is 4. The van der Waals surface area contributed by atoms with E-state index >= 15 is 0 Å². The van der Waals surface area contributed by atoms with Crippen molar-refractivity contribution in [3.63, 3.8) is 0 Å². The van der Waals surface area contributed by atoms with E-state index in [1.165, 1.54) is 9.75 Å². The first kappa shape index (κ1) is 18.5. The van der Waals surface area contributed by atoms with Crippen molar-refractivity contribution in [1.29, 1.82) is 0 Å². The number of benzene rings is 2. The van der Waals surface area contributed by atoms with Gasteiger partial charge in [-0.05, 0) is 34.0 Å². The van der Waals surface area contributed by atoms with Crippen LogP contribution in [0.2, 0.25) is 0 Å². The number of thiophene rings is 2. The molecule has 0 radical (unpaired) electrons. The quantitative estimate of drug-likeness (QED) is 0.422. The van der Waals surface area contributed by atoms with Crippen molar-refractivity contribution in [1.82, 2.24) is 5.32 Å². The fourth-order valence-electron chi connectivity index (χ4n) is 4.37.